The molecule has 56 valence electrons. The van der Waals surface area contributed by atoms with Crippen molar-refractivity contribution in [3.8, 4) is 0 Å². The maximum Gasteiger partial charge on any atom is 0.175 e. The number of rotatable bonds is 4. The summed E-state index contributed by atoms with van der Waals surface area (Å²) in [5.41, 5.74) is 5.36. The van der Waals surface area contributed by atoms with Crippen molar-refractivity contribution in [1.29, 1.82) is 0 Å². The molecule has 3 heteroatoms. The average molecular weight is 147 g/mol. The van der Waals surface area contributed by atoms with Crippen LogP contribution in [0.3, 0.4) is 0 Å². The van der Waals surface area contributed by atoms with Crippen molar-refractivity contribution in [3.05, 3.63) is 0 Å². The highest BCUT2D eigenvalue weighted by atomic mass is 28.3. The third-order valence-corrected chi connectivity index (χ3v) is 3.23. The minimum atomic E-state index is -0.885. The van der Waals surface area contributed by atoms with Gasteiger partial charge in [0.1, 0.15) is 0 Å². The second-order valence-corrected chi connectivity index (χ2v) is 5.04. The van der Waals surface area contributed by atoms with E-state index in [4.69, 9.17) is 10.2 Å². The van der Waals surface area contributed by atoms with E-state index < -0.39 is 9.04 Å². The van der Waals surface area contributed by atoms with E-state index in [1.165, 1.54) is 0 Å². The van der Waals surface area contributed by atoms with E-state index in [1.54, 1.807) is 0 Å². The molecule has 1 atom stereocenters. The van der Waals surface area contributed by atoms with Gasteiger partial charge in [-0.2, -0.15) is 0 Å². The van der Waals surface area contributed by atoms with E-state index in [1.807, 2.05) is 0 Å². The van der Waals surface area contributed by atoms with Gasteiger partial charge in [0.2, 0.25) is 0 Å². The molecule has 0 rings (SSSR count). The monoisotopic (exact) mass is 147 g/mol. The lowest BCUT2D eigenvalue weighted by atomic mass is 10.5. The van der Waals surface area contributed by atoms with Crippen LogP contribution in [0.4, 0.5) is 0 Å². The van der Waals surface area contributed by atoms with Crippen molar-refractivity contribution in [3.63, 3.8) is 0 Å². The maximum atomic E-state index is 5.55. The summed E-state index contributed by atoms with van der Waals surface area (Å²) in [4.78, 5) is 0. The molecule has 0 aromatic heterocycles. The van der Waals surface area contributed by atoms with E-state index in [0.29, 0.717) is 6.10 Å². The molecule has 0 aromatic rings. The largest absolute Gasteiger partial charge is 0.418 e. The summed E-state index contributed by atoms with van der Waals surface area (Å²) in [7, 11) is -0.885. The molecule has 0 spiro atoms. The first-order valence-electron chi connectivity index (χ1n) is 3.52. The Labute approximate surface area is 59.1 Å². The summed E-state index contributed by atoms with van der Waals surface area (Å²) in [6.07, 6.45) is 0.387. The topological polar surface area (TPSA) is 35.2 Å². The lowest BCUT2D eigenvalue weighted by Gasteiger charge is -2.13. The SMILES string of the molecule is CC(C)O[SiH](C)CCN. The molecule has 1 unspecified atom stereocenters. The molecule has 0 amide bonds. The fourth-order valence-corrected chi connectivity index (χ4v) is 2.30. The number of nitrogens with two attached hydrogens (primary N) is 1. The fourth-order valence-electron chi connectivity index (χ4n) is 0.767. The van der Waals surface area contributed by atoms with E-state index >= 15 is 0 Å². The smallest absolute Gasteiger partial charge is 0.175 e. The van der Waals surface area contributed by atoms with Crippen molar-refractivity contribution in [2.75, 3.05) is 6.54 Å². The normalized spacial score (nSPS) is 14.3. The van der Waals surface area contributed by atoms with Gasteiger partial charge < -0.3 is 10.2 Å². The van der Waals surface area contributed by atoms with Gasteiger partial charge in [-0.05, 0) is 33.0 Å². The Morgan fingerprint density at radius 1 is 1.56 bits per heavy atom. The quantitative estimate of drug-likeness (QED) is 0.595. The summed E-state index contributed by atoms with van der Waals surface area (Å²) in [5.74, 6) is 0. The van der Waals surface area contributed by atoms with Crippen LogP contribution < -0.4 is 5.73 Å². The van der Waals surface area contributed by atoms with Gasteiger partial charge in [0, 0.05) is 6.10 Å². The first-order valence-corrected chi connectivity index (χ1v) is 5.96. The minimum absolute atomic E-state index is 0.387. The van der Waals surface area contributed by atoms with Crippen LogP contribution in [-0.2, 0) is 4.43 Å². The van der Waals surface area contributed by atoms with Gasteiger partial charge in [-0.3, -0.25) is 0 Å². The molecule has 0 aliphatic heterocycles. The van der Waals surface area contributed by atoms with Crippen LogP contribution >= 0.6 is 0 Å². The third-order valence-electron chi connectivity index (χ3n) is 1.08. The van der Waals surface area contributed by atoms with Gasteiger partial charge in [0.25, 0.3) is 0 Å². The Bertz CT molecular complexity index is 68.1. The zero-order valence-electron chi connectivity index (χ0n) is 6.55. The van der Waals surface area contributed by atoms with Crippen molar-refractivity contribution < 1.29 is 4.43 Å². The lowest BCUT2D eigenvalue weighted by Crippen LogP contribution is -2.21. The molecule has 0 aromatic carbocycles. The Kier molecular flexibility index (Phi) is 5.04. The molecule has 2 N–H and O–H groups in total. The number of hydrogen-bond acceptors (Lipinski definition) is 2. The first kappa shape index (κ1) is 9.14. The number of hydrogen-bond donors (Lipinski definition) is 1. The summed E-state index contributed by atoms with van der Waals surface area (Å²) < 4.78 is 5.55. The van der Waals surface area contributed by atoms with Crippen molar-refractivity contribution in [2.45, 2.75) is 32.5 Å². The van der Waals surface area contributed by atoms with Gasteiger partial charge in [0.15, 0.2) is 9.04 Å². The minimum Gasteiger partial charge on any atom is -0.418 e. The second kappa shape index (κ2) is 4.96. The maximum absolute atomic E-state index is 5.55. The van der Waals surface area contributed by atoms with Crippen molar-refractivity contribution >= 4 is 9.04 Å². The van der Waals surface area contributed by atoms with E-state index in [-0.39, 0.29) is 0 Å². The molecule has 2 nitrogen and oxygen atoms in total. The molecule has 0 saturated heterocycles. The summed E-state index contributed by atoms with van der Waals surface area (Å²) in [6, 6.07) is 1.10. The Morgan fingerprint density at radius 3 is 2.44 bits per heavy atom. The molecule has 0 radical (unpaired) electrons. The predicted molar refractivity (Wildman–Crippen MR) is 43.1 cm³/mol. The fraction of sp³-hybridized carbons (Fsp3) is 1.00. The highest BCUT2D eigenvalue weighted by molar-refractivity contribution is 6.50. The van der Waals surface area contributed by atoms with Crippen LogP contribution in [0.25, 0.3) is 0 Å². The summed E-state index contributed by atoms with van der Waals surface area (Å²) in [6.45, 7) is 7.10. The summed E-state index contributed by atoms with van der Waals surface area (Å²) in [5, 5.41) is 0. The van der Waals surface area contributed by atoms with E-state index in [9.17, 15) is 0 Å². The first-order chi connectivity index (χ1) is 4.16. The average Bonchev–Trinajstić information content (AvgIpc) is 1.63. The Morgan fingerprint density at radius 2 is 2.11 bits per heavy atom. The highest BCUT2D eigenvalue weighted by Crippen LogP contribution is 1.96. The third kappa shape index (κ3) is 6.02. The Balaban J connectivity index is 3.15. The molecule has 0 saturated carbocycles. The van der Waals surface area contributed by atoms with Gasteiger partial charge in [-0.25, -0.2) is 0 Å². The molecule has 0 bridgehead atoms. The second-order valence-electron chi connectivity index (χ2n) is 2.57. The molecule has 9 heavy (non-hydrogen) atoms. The van der Waals surface area contributed by atoms with Gasteiger partial charge in [-0.1, -0.05) is 0 Å². The molecular weight excluding hydrogens is 130 g/mol. The molecule has 0 aliphatic rings. The predicted octanol–water partition coefficient (Wildman–Crippen LogP) is 0.724. The van der Waals surface area contributed by atoms with Crippen LogP contribution in [0, 0.1) is 0 Å². The molecule has 0 heterocycles. The molecule has 0 fully saturated rings. The zero-order chi connectivity index (χ0) is 7.28. The Hall–Kier alpha value is 0.137. The highest BCUT2D eigenvalue weighted by Gasteiger charge is 2.04. The summed E-state index contributed by atoms with van der Waals surface area (Å²) >= 11 is 0. The standard InChI is InChI=1S/C6H17NOSi/c1-6(2)8-9(3)5-4-7/h6,9H,4-5,7H2,1-3H3. The van der Waals surface area contributed by atoms with Crippen molar-refractivity contribution in [1.82, 2.24) is 0 Å². The lowest BCUT2D eigenvalue weighted by molar-refractivity contribution is 0.244. The van der Waals surface area contributed by atoms with Gasteiger partial charge in [-0.15, -0.1) is 0 Å². The zero-order valence-corrected chi connectivity index (χ0v) is 7.71. The van der Waals surface area contributed by atoms with Crippen LogP contribution in [0.2, 0.25) is 12.6 Å². The van der Waals surface area contributed by atoms with E-state index in [0.717, 1.165) is 12.6 Å². The molecule has 0 aliphatic carbocycles. The van der Waals surface area contributed by atoms with Crippen LogP contribution in [-0.4, -0.2) is 21.7 Å². The van der Waals surface area contributed by atoms with Crippen molar-refractivity contribution in [2.24, 2.45) is 5.73 Å². The van der Waals surface area contributed by atoms with Gasteiger partial charge in [0.05, 0.1) is 0 Å². The van der Waals surface area contributed by atoms with Gasteiger partial charge >= 0.3 is 0 Å². The molecular formula is C6H17NOSi. The van der Waals surface area contributed by atoms with Crippen LogP contribution in [0.5, 0.6) is 0 Å². The van der Waals surface area contributed by atoms with Crippen LogP contribution in [0.15, 0.2) is 0 Å². The van der Waals surface area contributed by atoms with E-state index in [2.05, 4.69) is 20.4 Å². The van der Waals surface area contributed by atoms with Crippen LogP contribution in [0.1, 0.15) is 13.8 Å².